The Kier molecular flexibility index (Phi) is 17.5. The number of hydrogen-bond acceptors (Lipinski definition) is 5. The molecular formula is C42H63N5O. The maximum atomic E-state index is 11.2. The Bertz CT molecular complexity index is 1520. The second-order valence-electron chi connectivity index (χ2n) is 13.1. The molecule has 0 amide bonds. The maximum absolute atomic E-state index is 11.2. The van der Waals surface area contributed by atoms with Gasteiger partial charge in [-0.3, -0.25) is 10.4 Å². The standard InChI is InChI=1S/C35H45N3O.C5H12N2.C2H6/c1-9-27(24-37-11-3)34-32(23-35(6,7)16-13-17-39)31-22-28(14-15-33(31)38(34)12-4)29-19-25(5)18-26(20-29)21-30(10-2)36-8;1-7-5-3-2-4-6-7;1-2/h9-11,14-15,17-20,22,24,30,36H,2-3,12-13,16,21,23H2,1,4-8H3;6H,2-5H2,1H3;1-2H3/b27-9+,37-24?;;. The predicted molar refractivity (Wildman–Crippen MR) is 211 cm³/mol. The van der Waals surface area contributed by atoms with Gasteiger partial charge in [0.1, 0.15) is 6.29 Å². The molecule has 4 rings (SSSR count). The fraction of sp³-hybridized carbons (Fsp3) is 0.476. The Morgan fingerprint density at radius 3 is 2.42 bits per heavy atom. The minimum absolute atomic E-state index is 0.0314. The first-order valence-electron chi connectivity index (χ1n) is 17.9. The third-order valence-corrected chi connectivity index (χ3v) is 8.87. The Morgan fingerprint density at radius 1 is 1.12 bits per heavy atom. The summed E-state index contributed by atoms with van der Waals surface area (Å²) in [5.74, 6) is 0. The van der Waals surface area contributed by atoms with Crippen molar-refractivity contribution >= 4 is 29.0 Å². The van der Waals surface area contributed by atoms with E-state index in [0.717, 1.165) is 44.2 Å². The summed E-state index contributed by atoms with van der Waals surface area (Å²) in [6, 6.07) is 13.9. The van der Waals surface area contributed by atoms with Gasteiger partial charge in [0, 0.05) is 68.0 Å². The van der Waals surface area contributed by atoms with Crippen molar-refractivity contribution in [2.45, 2.75) is 99.6 Å². The largest absolute Gasteiger partial charge is 0.341 e. The van der Waals surface area contributed by atoms with Crippen molar-refractivity contribution in [1.29, 1.82) is 0 Å². The Morgan fingerprint density at radius 2 is 1.88 bits per heavy atom. The number of aromatic nitrogens is 1. The number of carbonyl (C=O) groups is 1. The van der Waals surface area contributed by atoms with Gasteiger partial charge in [0.25, 0.3) is 0 Å². The monoisotopic (exact) mass is 654 g/mol. The van der Waals surface area contributed by atoms with Crippen molar-refractivity contribution in [3.8, 4) is 11.1 Å². The number of nitrogens with zero attached hydrogens (tertiary/aromatic N) is 3. The zero-order valence-electron chi connectivity index (χ0n) is 31.5. The van der Waals surface area contributed by atoms with Crippen LogP contribution in [0.3, 0.4) is 0 Å². The highest BCUT2D eigenvalue weighted by atomic mass is 16.1. The van der Waals surface area contributed by atoms with Gasteiger partial charge in [-0.05, 0) is 99.7 Å². The van der Waals surface area contributed by atoms with Crippen molar-refractivity contribution in [2.75, 3.05) is 27.2 Å². The smallest absolute Gasteiger partial charge is 0.120 e. The molecule has 0 spiro atoms. The van der Waals surface area contributed by atoms with Crippen molar-refractivity contribution in [2.24, 2.45) is 10.4 Å². The van der Waals surface area contributed by atoms with Crippen LogP contribution in [0.5, 0.6) is 0 Å². The normalized spacial score (nSPS) is 14.6. The lowest BCUT2D eigenvalue weighted by atomic mass is 9.80. The van der Waals surface area contributed by atoms with Gasteiger partial charge in [0.15, 0.2) is 0 Å². The highest BCUT2D eigenvalue weighted by Crippen LogP contribution is 2.39. The molecule has 1 atom stereocenters. The van der Waals surface area contributed by atoms with Crippen molar-refractivity contribution < 1.29 is 4.79 Å². The molecule has 6 nitrogen and oxygen atoms in total. The number of likely N-dealkylation sites (N-methyl/N-ethyl adjacent to an activating group) is 1. The van der Waals surface area contributed by atoms with Gasteiger partial charge in [-0.25, -0.2) is 5.01 Å². The second-order valence-corrected chi connectivity index (χ2v) is 13.1. The molecule has 1 saturated heterocycles. The van der Waals surface area contributed by atoms with Gasteiger partial charge < -0.3 is 14.7 Å². The number of fused-ring (bicyclic) bond motifs is 1. The van der Waals surface area contributed by atoms with Crippen LogP contribution < -0.4 is 10.7 Å². The number of aryl methyl sites for hydroxylation is 2. The van der Waals surface area contributed by atoms with E-state index in [4.69, 9.17) is 0 Å². The van der Waals surface area contributed by atoms with Crippen molar-refractivity contribution in [1.82, 2.24) is 20.3 Å². The van der Waals surface area contributed by atoms with Crippen LogP contribution in [0, 0.1) is 12.3 Å². The molecule has 3 aromatic rings. The molecule has 262 valence electrons. The number of hydrazine groups is 1. The highest BCUT2D eigenvalue weighted by molar-refractivity contribution is 6.12. The molecule has 0 saturated carbocycles. The number of aliphatic imine (C=N–C) groups is 1. The zero-order chi connectivity index (χ0) is 35.7. The summed E-state index contributed by atoms with van der Waals surface area (Å²) in [5, 5.41) is 6.73. The summed E-state index contributed by atoms with van der Waals surface area (Å²) in [4.78, 5) is 15.6. The Hall–Kier alpha value is -3.58. The summed E-state index contributed by atoms with van der Waals surface area (Å²) in [5.41, 5.74) is 13.0. The number of carbonyl (C=O) groups excluding carboxylic acids is 1. The molecule has 1 aromatic heterocycles. The highest BCUT2D eigenvalue weighted by Gasteiger charge is 2.26. The number of nitrogens with one attached hydrogen (secondary N) is 2. The van der Waals surface area contributed by atoms with E-state index in [1.807, 2.05) is 33.2 Å². The lowest BCUT2D eigenvalue weighted by Gasteiger charge is -2.25. The minimum Gasteiger partial charge on any atom is -0.341 e. The van der Waals surface area contributed by atoms with E-state index in [9.17, 15) is 4.79 Å². The third-order valence-electron chi connectivity index (χ3n) is 8.87. The predicted octanol–water partition coefficient (Wildman–Crippen LogP) is 9.36. The average Bonchev–Trinajstić information content (AvgIpc) is 3.39. The number of aldehydes is 1. The lowest BCUT2D eigenvalue weighted by molar-refractivity contribution is -0.108. The summed E-state index contributed by atoms with van der Waals surface area (Å²) >= 11 is 0. The lowest BCUT2D eigenvalue weighted by Crippen LogP contribution is -2.39. The molecule has 2 aromatic carbocycles. The SMILES string of the molecule is C=CN=C/C(=C\C)c1c(CC(C)(C)CCC=O)c2cc(-c3cc(C)cc(CC(C=C)NC)c3)ccc2n1CC.CC.CN1CCCCN1. The molecule has 0 bridgehead atoms. The summed E-state index contributed by atoms with van der Waals surface area (Å²) < 4.78 is 2.40. The second kappa shape index (κ2) is 20.7. The van der Waals surface area contributed by atoms with Gasteiger partial charge in [0.2, 0.25) is 0 Å². The Balaban J connectivity index is 0.000000776. The van der Waals surface area contributed by atoms with Gasteiger partial charge in [-0.15, -0.1) is 6.58 Å². The first-order valence-corrected chi connectivity index (χ1v) is 17.9. The third kappa shape index (κ3) is 11.5. The number of benzene rings is 2. The van der Waals surface area contributed by atoms with Crippen LogP contribution in [0.15, 0.2) is 72.9 Å². The van der Waals surface area contributed by atoms with Crippen LogP contribution in [-0.2, 0) is 24.2 Å². The van der Waals surface area contributed by atoms with E-state index in [2.05, 4.69) is 123 Å². The molecule has 1 fully saturated rings. The molecule has 0 aliphatic carbocycles. The van der Waals surface area contributed by atoms with Gasteiger partial charge >= 0.3 is 0 Å². The number of hydrogen-bond donors (Lipinski definition) is 2. The van der Waals surface area contributed by atoms with E-state index in [1.54, 1.807) is 6.20 Å². The fourth-order valence-electron chi connectivity index (χ4n) is 6.39. The molecule has 1 unspecified atom stereocenters. The first kappa shape index (κ1) is 40.6. The minimum atomic E-state index is -0.0314. The van der Waals surface area contributed by atoms with Crippen LogP contribution in [0.25, 0.3) is 27.6 Å². The van der Waals surface area contributed by atoms with E-state index in [-0.39, 0.29) is 11.5 Å². The molecule has 1 aliphatic heterocycles. The van der Waals surface area contributed by atoms with Crippen molar-refractivity contribution in [3.05, 3.63) is 90.3 Å². The van der Waals surface area contributed by atoms with Gasteiger partial charge in [-0.1, -0.05) is 76.3 Å². The molecule has 6 heteroatoms. The molecule has 0 radical (unpaired) electrons. The maximum Gasteiger partial charge on any atom is 0.120 e. The van der Waals surface area contributed by atoms with Crippen LogP contribution >= 0.6 is 0 Å². The van der Waals surface area contributed by atoms with E-state index < -0.39 is 0 Å². The molecule has 48 heavy (non-hydrogen) atoms. The Labute approximate surface area is 292 Å². The molecule has 2 heterocycles. The van der Waals surface area contributed by atoms with Crippen LogP contribution in [0.4, 0.5) is 0 Å². The van der Waals surface area contributed by atoms with Crippen LogP contribution in [0.1, 0.15) is 89.6 Å². The van der Waals surface area contributed by atoms with E-state index in [1.165, 1.54) is 63.8 Å². The quantitative estimate of drug-likeness (QED) is 0.103. The fourth-order valence-corrected chi connectivity index (χ4v) is 6.39. The van der Waals surface area contributed by atoms with Crippen LogP contribution in [0.2, 0.25) is 0 Å². The average molecular weight is 654 g/mol. The first-order chi connectivity index (χ1) is 23.1. The number of rotatable bonds is 14. The van der Waals surface area contributed by atoms with Crippen molar-refractivity contribution in [3.63, 3.8) is 0 Å². The van der Waals surface area contributed by atoms with Gasteiger partial charge in [-0.2, -0.15) is 0 Å². The topological polar surface area (TPSA) is 61.7 Å². The van der Waals surface area contributed by atoms with Gasteiger partial charge in [0.05, 0.1) is 5.69 Å². The summed E-state index contributed by atoms with van der Waals surface area (Å²) in [6.07, 6.45) is 14.5. The zero-order valence-corrected chi connectivity index (χ0v) is 31.5. The molecule has 2 N–H and O–H groups in total. The summed E-state index contributed by atoms with van der Waals surface area (Å²) in [6.45, 7) is 25.9. The van der Waals surface area contributed by atoms with Crippen LogP contribution in [-0.4, -0.2) is 55.3 Å². The number of allylic oxidation sites excluding steroid dienone is 2. The molecular weight excluding hydrogens is 590 g/mol. The summed E-state index contributed by atoms with van der Waals surface area (Å²) in [7, 11) is 4.06. The molecule has 1 aliphatic rings. The van der Waals surface area contributed by atoms with E-state index >= 15 is 0 Å². The van der Waals surface area contributed by atoms with E-state index in [0.29, 0.717) is 6.42 Å².